The van der Waals surface area contributed by atoms with Crippen molar-refractivity contribution in [2.24, 2.45) is 5.41 Å². The highest BCUT2D eigenvalue weighted by atomic mass is 32.2. The molecule has 0 unspecified atom stereocenters. The van der Waals surface area contributed by atoms with E-state index in [9.17, 15) is 18.3 Å². The molecule has 0 amide bonds. The molecule has 0 spiro atoms. The van der Waals surface area contributed by atoms with Crippen LogP contribution in [0.3, 0.4) is 0 Å². The number of fused-ring (bicyclic) bond motifs is 1. The number of hydrogen-bond donors (Lipinski definition) is 1. The lowest BCUT2D eigenvalue weighted by Crippen LogP contribution is -2.35. The monoisotopic (exact) mass is 505 g/mol. The number of carboxylic acids is 1. The van der Waals surface area contributed by atoms with Gasteiger partial charge in [-0.1, -0.05) is 44.9 Å². The molecule has 0 fully saturated rings. The van der Waals surface area contributed by atoms with Crippen LogP contribution in [-0.4, -0.2) is 43.6 Å². The molecule has 0 aromatic heterocycles. The van der Waals surface area contributed by atoms with Gasteiger partial charge in [0.2, 0.25) is 0 Å². The van der Waals surface area contributed by atoms with Crippen LogP contribution in [-0.2, 0) is 20.4 Å². The van der Waals surface area contributed by atoms with Gasteiger partial charge in [0.05, 0.1) is 23.4 Å². The molecule has 2 aromatic rings. The van der Waals surface area contributed by atoms with Gasteiger partial charge in [0, 0.05) is 29.6 Å². The van der Waals surface area contributed by atoms with Gasteiger partial charge in [-0.15, -0.1) is 11.8 Å². The summed E-state index contributed by atoms with van der Waals surface area (Å²) in [5.41, 5.74) is 1.79. The quantitative estimate of drug-likeness (QED) is 0.453. The standard InChI is InChI=1S/C26H35NO5S2/c1-6-7-13-26(4)17-27(20-11-9-8-10-12-20)21-15-22(32-5)19(14-23(21)34(30,31)18-26)16-33-25(2,3)24(28)29/h8-12,14-15H,6-7,13,16-18H2,1-5H3,(H,28,29)/t26-/m1/s1. The maximum atomic E-state index is 13.7. The Morgan fingerprint density at radius 3 is 2.50 bits per heavy atom. The molecule has 1 atom stereocenters. The minimum Gasteiger partial charge on any atom is -0.496 e. The van der Waals surface area contributed by atoms with Crippen LogP contribution in [0.2, 0.25) is 0 Å². The van der Waals surface area contributed by atoms with Crippen molar-refractivity contribution < 1.29 is 23.1 Å². The van der Waals surface area contributed by atoms with Gasteiger partial charge in [0.25, 0.3) is 0 Å². The fraction of sp³-hybridized carbons (Fsp3) is 0.500. The molecular formula is C26H35NO5S2. The molecule has 34 heavy (non-hydrogen) atoms. The maximum Gasteiger partial charge on any atom is 0.319 e. The first kappa shape index (κ1) is 26.4. The number of carboxylic acid groups (broad SMARTS) is 1. The van der Waals surface area contributed by atoms with E-state index in [2.05, 4.69) is 18.7 Å². The second kappa shape index (κ2) is 10.2. The molecule has 3 rings (SSSR count). The second-order valence-electron chi connectivity index (χ2n) is 9.83. The summed E-state index contributed by atoms with van der Waals surface area (Å²) in [6.07, 6.45) is 2.77. The predicted octanol–water partition coefficient (Wildman–Crippen LogP) is 5.91. The van der Waals surface area contributed by atoms with Crippen LogP contribution in [0.15, 0.2) is 47.4 Å². The van der Waals surface area contributed by atoms with Crippen molar-refractivity contribution in [3.63, 3.8) is 0 Å². The molecule has 0 saturated carbocycles. The fourth-order valence-electron chi connectivity index (χ4n) is 4.32. The third kappa shape index (κ3) is 5.71. The van der Waals surface area contributed by atoms with Gasteiger partial charge in [0.15, 0.2) is 9.84 Å². The lowest BCUT2D eigenvalue weighted by atomic mass is 9.86. The summed E-state index contributed by atoms with van der Waals surface area (Å²) in [6, 6.07) is 13.3. The third-order valence-corrected chi connectivity index (χ3v) is 9.80. The number of benzene rings is 2. The molecule has 1 heterocycles. The second-order valence-corrected chi connectivity index (χ2v) is 13.4. The molecule has 8 heteroatoms. The van der Waals surface area contributed by atoms with Crippen molar-refractivity contribution in [3.05, 3.63) is 48.0 Å². The van der Waals surface area contributed by atoms with Gasteiger partial charge in [-0.3, -0.25) is 4.79 Å². The van der Waals surface area contributed by atoms with Crippen LogP contribution in [0.1, 0.15) is 52.5 Å². The van der Waals surface area contributed by atoms with E-state index in [1.807, 2.05) is 30.3 Å². The molecule has 6 nitrogen and oxygen atoms in total. The average Bonchev–Trinajstić information content (AvgIpc) is 2.87. The molecular weight excluding hydrogens is 470 g/mol. The molecule has 2 aromatic carbocycles. The number of anilines is 2. The number of ether oxygens (including phenoxy) is 1. The molecule has 1 aliphatic heterocycles. The fourth-order valence-corrected chi connectivity index (χ4v) is 7.30. The Balaban J connectivity index is 2.16. The Kier molecular flexibility index (Phi) is 7.92. The average molecular weight is 506 g/mol. The zero-order valence-corrected chi connectivity index (χ0v) is 22.3. The topological polar surface area (TPSA) is 83.9 Å². The van der Waals surface area contributed by atoms with Crippen molar-refractivity contribution >= 4 is 38.9 Å². The Bertz CT molecular complexity index is 1130. The highest BCUT2D eigenvalue weighted by Crippen LogP contribution is 2.45. The van der Waals surface area contributed by atoms with Crippen molar-refractivity contribution in [2.45, 2.75) is 62.4 Å². The normalized spacial score (nSPS) is 19.9. The third-order valence-electron chi connectivity index (χ3n) is 6.37. The predicted molar refractivity (Wildman–Crippen MR) is 139 cm³/mol. The summed E-state index contributed by atoms with van der Waals surface area (Å²) in [5.74, 6) is 0.0288. The van der Waals surface area contributed by atoms with Gasteiger partial charge in [-0.05, 0) is 43.9 Å². The number of methoxy groups -OCH3 is 1. The summed E-state index contributed by atoms with van der Waals surface area (Å²) in [4.78, 5) is 14.0. The van der Waals surface area contributed by atoms with Crippen LogP contribution in [0.25, 0.3) is 0 Å². The van der Waals surface area contributed by atoms with E-state index in [1.165, 1.54) is 11.8 Å². The Hall–Kier alpha value is -2.19. The molecule has 0 bridgehead atoms. The number of aliphatic carboxylic acids is 1. The summed E-state index contributed by atoms with van der Waals surface area (Å²) >= 11 is 1.25. The first-order valence-electron chi connectivity index (χ1n) is 11.6. The molecule has 0 radical (unpaired) electrons. The first-order valence-corrected chi connectivity index (χ1v) is 14.2. The summed E-state index contributed by atoms with van der Waals surface area (Å²) in [6.45, 7) is 8.04. The van der Waals surface area contributed by atoms with E-state index < -0.39 is 26.0 Å². The van der Waals surface area contributed by atoms with Gasteiger partial charge >= 0.3 is 5.97 Å². The number of unbranched alkanes of at least 4 members (excludes halogenated alkanes) is 1. The zero-order chi connectivity index (χ0) is 25.1. The molecule has 0 saturated heterocycles. The summed E-state index contributed by atoms with van der Waals surface area (Å²) in [5, 5.41) is 9.49. The number of hydrogen-bond acceptors (Lipinski definition) is 6. The van der Waals surface area contributed by atoms with Crippen LogP contribution < -0.4 is 9.64 Å². The van der Waals surface area contributed by atoms with Crippen molar-refractivity contribution in [3.8, 4) is 5.75 Å². The largest absolute Gasteiger partial charge is 0.496 e. The van der Waals surface area contributed by atoms with Gasteiger partial charge < -0.3 is 14.7 Å². The van der Waals surface area contributed by atoms with Gasteiger partial charge in [-0.25, -0.2) is 8.42 Å². The number of carbonyl (C=O) groups is 1. The molecule has 1 N–H and O–H groups in total. The van der Waals surface area contributed by atoms with Gasteiger partial charge in [-0.2, -0.15) is 0 Å². The Morgan fingerprint density at radius 2 is 1.91 bits per heavy atom. The molecule has 1 aliphatic rings. The smallest absolute Gasteiger partial charge is 0.319 e. The van der Waals surface area contributed by atoms with Crippen molar-refractivity contribution in [2.75, 3.05) is 24.3 Å². The van der Waals surface area contributed by atoms with Crippen molar-refractivity contribution in [1.82, 2.24) is 0 Å². The SMILES string of the molecule is CCCC[C@]1(C)CN(c2ccccc2)c2cc(OC)c(CSC(C)(C)C(=O)O)cc2S(=O)(=O)C1. The van der Waals surface area contributed by atoms with E-state index in [-0.39, 0.29) is 10.6 Å². The van der Waals surface area contributed by atoms with Crippen LogP contribution >= 0.6 is 11.8 Å². The minimum atomic E-state index is -3.60. The van der Waals surface area contributed by atoms with Crippen LogP contribution in [0, 0.1) is 5.41 Å². The number of nitrogens with zero attached hydrogens (tertiary/aromatic N) is 1. The van der Waals surface area contributed by atoms with E-state index in [0.29, 0.717) is 29.3 Å². The lowest BCUT2D eigenvalue weighted by molar-refractivity contribution is -0.138. The van der Waals surface area contributed by atoms with E-state index >= 15 is 0 Å². The lowest BCUT2D eigenvalue weighted by Gasteiger charge is -2.34. The minimum absolute atomic E-state index is 0.0653. The van der Waals surface area contributed by atoms with Crippen LogP contribution in [0.5, 0.6) is 5.75 Å². The maximum absolute atomic E-state index is 13.7. The van der Waals surface area contributed by atoms with E-state index in [4.69, 9.17) is 4.74 Å². The number of para-hydroxylation sites is 1. The number of thioether (sulfide) groups is 1. The summed E-state index contributed by atoms with van der Waals surface area (Å²) in [7, 11) is -2.04. The van der Waals surface area contributed by atoms with Crippen LogP contribution in [0.4, 0.5) is 11.4 Å². The Labute approximate surface area is 207 Å². The van der Waals surface area contributed by atoms with Crippen molar-refractivity contribution in [1.29, 1.82) is 0 Å². The molecule has 0 aliphatic carbocycles. The highest BCUT2D eigenvalue weighted by molar-refractivity contribution is 8.00. The highest BCUT2D eigenvalue weighted by Gasteiger charge is 2.40. The first-order chi connectivity index (χ1) is 15.9. The van der Waals surface area contributed by atoms with E-state index in [0.717, 1.165) is 24.9 Å². The summed E-state index contributed by atoms with van der Waals surface area (Å²) < 4.78 is 32.1. The Morgan fingerprint density at radius 1 is 1.24 bits per heavy atom. The van der Waals surface area contributed by atoms with Gasteiger partial charge in [0.1, 0.15) is 10.5 Å². The number of rotatable bonds is 9. The zero-order valence-electron chi connectivity index (χ0n) is 20.6. The van der Waals surface area contributed by atoms with E-state index in [1.54, 1.807) is 33.1 Å². The number of sulfone groups is 1. The molecule has 186 valence electrons.